The number of pyridine rings is 1. The normalized spacial score (nSPS) is 10.1. The summed E-state index contributed by atoms with van der Waals surface area (Å²) in [6.45, 7) is 0.0469. The van der Waals surface area contributed by atoms with Gasteiger partial charge in [0.1, 0.15) is 6.20 Å². The van der Waals surface area contributed by atoms with Gasteiger partial charge in [-0.25, -0.2) is 0 Å². The predicted octanol–water partition coefficient (Wildman–Crippen LogP) is 1.74. The van der Waals surface area contributed by atoms with E-state index >= 15 is 0 Å². The lowest BCUT2D eigenvalue weighted by Gasteiger charge is -2.10. The van der Waals surface area contributed by atoms with Gasteiger partial charge in [0.25, 0.3) is 5.91 Å². The fourth-order valence-corrected chi connectivity index (χ4v) is 2.21. The number of carbonyl (C=O) groups is 1. The molecular weight excluding hydrogens is 342 g/mol. The molecule has 0 bridgehead atoms. The molecule has 1 N–H and O–H groups in total. The zero-order chi connectivity index (χ0) is 18.9. The number of rotatable bonds is 9. The van der Waals surface area contributed by atoms with Crippen molar-refractivity contribution in [2.24, 2.45) is 0 Å². The molecule has 1 heterocycles. The van der Waals surface area contributed by atoms with Gasteiger partial charge in [0, 0.05) is 6.54 Å². The Morgan fingerprint density at radius 3 is 2.65 bits per heavy atom. The van der Waals surface area contributed by atoms with E-state index in [0.717, 1.165) is 5.56 Å². The quantitative estimate of drug-likeness (QED) is 0.535. The van der Waals surface area contributed by atoms with Crippen molar-refractivity contribution in [3.63, 3.8) is 0 Å². The van der Waals surface area contributed by atoms with Crippen LogP contribution in [0.5, 0.6) is 17.2 Å². The number of aromatic nitrogens is 1. The Hall–Kier alpha value is -3.36. The second kappa shape index (κ2) is 9.21. The minimum atomic E-state index is -0.662. The number of nitro groups is 1. The minimum absolute atomic E-state index is 0.0486. The van der Waals surface area contributed by atoms with Crippen molar-refractivity contribution in [3.8, 4) is 17.2 Å². The van der Waals surface area contributed by atoms with E-state index < -0.39 is 10.7 Å². The maximum atomic E-state index is 11.8. The van der Waals surface area contributed by atoms with Gasteiger partial charge >= 0.3 is 5.82 Å². The summed E-state index contributed by atoms with van der Waals surface area (Å²) in [4.78, 5) is 25.6. The van der Waals surface area contributed by atoms with Crippen LogP contribution in [0.2, 0.25) is 0 Å². The van der Waals surface area contributed by atoms with Gasteiger partial charge in [-0.3, -0.25) is 4.79 Å². The fourth-order valence-electron chi connectivity index (χ4n) is 2.21. The van der Waals surface area contributed by atoms with Crippen molar-refractivity contribution in [1.29, 1.82) is 0 Å². The number of ether oxygens (including phenoxy) is 3. The molecule has 0 saturated carbocycles. The molecule has 0 spiro atoms. The maximum absolute atomic E-state index is 11.8. The molecule has 0 unspecified atom stereocenters. The van der Waals surface area contributed by atoms with Crippen LogP contribution in [0.1, 0.15) is 5.56 Å². The van der Waals surface area contributed by atoms with Crippen LogP contribution in [-0.4, -0.2) is 43.2 Å². The number of nitrogens with zero attached hydrogens (tertiary/aromatic N) is 2. The number of hydrogen-bond acceptors (Lipinski definition) is 7. The van der Waals surface area contributed by atoms with Crippen molar-refractivity contribution in [1.82, 2.24) is 10.3 Å². The lowest BCUT2D eigenvalue weighted by molar-refractivity contribution is -0.390. The van der Waals surface area contributed by atoms with Gasteiger partial charge in [-0.2, -0.15) is 0 Å². The first-order valence-corrected chi connectivity index (χ1v) is 7.75. The van der Waals surface area contributed by atoms with Crippen molar-refractivity contribution in [2.75, 3.05) is 27.4 Å². The molecule has 0 aliphatic rings. The Labute approximate surface area is 150 Å². The first-order valence-electron chi connectivity index (χ1n) is 7.75. The Bertz CT molecular complexity index is 781. The van der Waals surface area contributed by atoms with E-state index in [1.54, 1.807) is 20.3 Å². The number of carbonyl (C=O) groups excluding carboxylic acids is 1. The second-order valence-electron chi connectivity index (χ2n) is 5.16. The highest BCUT2D eigenvalue weighted by atomic mass is 16.6. The number of benzene rings is 1. The maximum Gasteiger partial charge on any atom is 0.406 e. The minimum Gasteiger partial charge on any atom is -0.493 e. The van der Waals surface area contributed by atoms with Crippen LogP contribution in [0.25, 0.3) is 0 Å². The topological polar surface area (TPSA) is 113 Å². The number of nitrogens with one attached hydrogen (secondary N) is 1. The molecule has 0 fully saturated rings. The van der Waals surface area contributed by atoms with E-state index in [-0.39, 0.29) is 18.3 Å². The summed E-state index contributed by atoms with van der Waals surface area (Å²) in [5.74, 6) is 0.386. The van der Waals surface area contributed by atoms with Gasteiger partial charge in [0.15, 0.2) is 18.1 Å². The zero-order valence-electron chi connectivity index (χ0n) is 14.4. The van der Waals surface area contributed by atoms with Gasteiger partial charge in [-0.05, 0) is 46.2 Å². The van der Waals surface area contributed by atoms with Crippen LogP contribution in [-0.2, 0) is 11.2 Å². The fraction of sp³-hybridized carbons (Fsp3) is 0.294. The number of methoxy groups -OCH3 is 2. The van der Waals surface area contributed by atoms with Crippen LogP contribution in [0, 0.1) is 10.1 Å². The summed E-state index contributed by atoms with van der Waals surface area (Å²) in [6.07, 6.45) is 1.87. The molecule has 1 aromatic carbocycles. The third kappa shape index (κ3) is 5.07. The van der Waals surface area contributed by atoms with Crippen LogP contribution in [0.3, 0.4) is 0 Å². The van der Waals surface area contributed by atoms with E-state index in [2.05, 4.69) is 10.3 Å². The lowest BCUT2D eigenvalue weighted by Crippen LogP contribution is -2.30. The van der Waals surface area contributed by atoms with Crippen LogP contribution in [0.15, 0.2) is 36.5 Å². The highest BCUT2D eigenvalue weighted by molar-refractivity contribution is 5.77. The average molecular weight is 361 g/mol. The molecule has 9 heteroatoms. The van der Waals surface area contributed by atoms with E-state index in [1.165, 1.54) is 18.3 Å². The Morgan fingerprint density at radius 2 is 1.96 bits per heavy atom. The summed E-state index contributed by atoms with van der Waals surface area (Å²) in [7, 11) is 3.11. The Morgan fingerprint density at radius 1 is 1.19 bits per heavy atom. The van der Waals surface area contributed by atoms with Crippen LogP contribution in [0.4, 0.5) is 5.82 Å². The molecule has 1 aromatic heterocycles. The summed E-state index contributed by atoms with van der Waals surface area (Å²) in [5.41, 5.74) is 0.965. The van der Waals surface area contributed by atoms with Crippen molar-refractivity contribution in [3.05, 3.63) is 52.2 Å². The van der Waals surface area contributed by atoms with E-state index in [0.29, 0.717) is 24.5 Å². The van der Waals surface area contributed by atoms with Gasteiger partial charge in [-0.15, -0.1) is 0 Å². The smallest absolute Gasteiger partial charge is 0.406 e. The number of amides is 1. The standard InChI is InChI=1S/C17H19N3O6/c1-24-13-6-5-12(10-15(13)25-2)7-9-18-16(21)11-26-14-4-3-8-19-17(14)20(22)23/h3-6,8,10H,7,9,11H2,1-2H3,(H,18,21). The summed E-state index contributed by atoms with van der Waals surface area (Å²) in [5, 5.41) is 13.5. The third-order valence-electron chi connectivity index (χ3n) is 3.47. The highest BCUT2D eigenvalue weighted by Crippen LogP contribution is 2.27. The first kappa shape index (κ1) is 19.0. The van der Waals surface area contributed by atoms with Crippen molar-refractivity contribution < 1.29 is 23.9 Å². The molecule has 26 heavy (non-hydrogen) atoms. The summed E-state index contributed by atoms with van der Waals surface area (Å²) >= 11 is 0. The molecule has 2 aromatic rings. The Balaban J connectivity index is 1.82. The van der Waals surface area contributed by atoms with Gasteiger partial charge in [0.05, 0.1) is 14.2 Å². The van der Waals surface area contributed by atoms with Crippen LogP contribution < -0.4 is 19.5 Å². The van der Waals surface area contributed by atoms with E-state index in [1.807, 2.05) is 12.1 Å². The average Bonchev–Trinajstić information content (AvgIpc) is 2.66. The van der Waals surface area contributed by atoms with Crippen molar-refractivity contribution >= 4 is 11.7 Å². The number of hydrogen-bond donors (Lipinski definition) is 1. The summed E-state index contributed by atoms with van der Waals surface area (Å²) in [6, 6.07) is 8.39. The zero-order valence-corrected chi connectivity index (χ0v) is 14.4. The molecule has 0 aliphatic heterocycles. The molecule has 138 valence electrons. The highest BCUT2D eigenvalue weighted by Gasteiger charge is 2.16. The third-order valence-corrected chi connectivity index (χ3v) is 3.47. The SMILES string of the molecule is COc1ccc(CCNC(=O)COc2cccnc2[N+](=O)[O-])cc1OC. The molecule has 0 saturated heterocycles. The summed E-state index contributed by atoms with van der Waals surface area (Å²) < 4.78 is 15.6. The first-order chi connectivity index (χ1) is 12.5. The second-order valence-corrected chi connectivity index (χ2v) is 5.16. The molecule has 2 rings (SSSR count). The van der Waals surface area contributed by atoms with Gasteiger partial charge in [0.2, 0.25) is 5.75 Å². The predicted molar refractivity (Wildman–Crippen MR) is 92.6 cm³/mol. The molecule has 0 aliphatic carbocycles. The molecule has 0 radical (unpaired) electrons. The monoisotopic (exact) mass is 361 g/mol. The van der Waals surface area contributed by atoms with E-state index in [9.17, 15) is 14.9 Å². The largest absolute Gasteiger partial charge is 0.493 e. The molecular formula is C17H19N3O6. The molecule has 9 nitrogen and oxygen atoms in total. The van der Waals surface area contributed by atoms with Crippen molar-refractivity contribution in [2.45, 2.75) is 6.42 Å². The van der Waals surface area contributed by atoms with E-state index in [4.69, 9.17) is 14.2 Å². The molecule has 1 amide bonds. The molecule has 0 atom stereocenters. The van der Waals surface area contributed by atoms with Crippen LogP contribution >= 0.6 is 0 Å². The van der Waals surface area contributed by atoms with Gasteiger partial charge < -0.3 is 29.6 Å². The van der Waals surface area contributed by atoms with Gasteiger partial charge in [-0.1, -0.05) is 6.07 Å². The lowest BCUT2D eigenvalue weighted by atomic mass is 10.1. The Kier molecular flexibility index (Phi) is 6.72.